The molecule has 1 amide bonds. The predicted molar refractivity (Wildman–Crippen MR) is 101 cm³/mol. The number of ether oxygens (including phenoxy) is 1. The number of carbonyl (C=O) groups is 2. The lowest BCUT2D eigenvalue weighted by molar-refractivity contribution is -0.154. The van der Waals surface area contributed by atoms with Crippen molar-refractivity contribution < 1.29 is 22.7 Å². The topological polar surface area (TPSA) is 92.8 Å². The summed E-state index contributed by atoms with van der Waals surface area (Å²) >= 11 is 6.09. The van der Waals surface area contributed by atoms with Crippen molar-refractivity contribution in [3.63, 3.8) is 0 Å². The van der Waals surface area contributed by atoms with Gasteiger partial charge < -0.3 is 10.1 Å². The Morgan fingerprint density at radius 2 is 1.85 bits per heavy atom. The van der Waals surface area contributed by atoms with Crippen LogP contribution >= 0.6 is 11.6 Å². The van der Waals surface area contributed by atoms with Gasteiger partial charge in [-0.05, 0) is 43.9 Å². The highest BCUT2D eigenvalue weighted by atomic mass is 35.5. The quantitative estimate of drug-likeness (QED) is 0.722. The fourth-order valence-corrected chi connectivity index (χ4v) is 4.81. The smallest absolute Gasteiger partial charge is 0.309 e. The van der Waals surface area contributed by atoms with Gasteiger partial charge in [0.1, 0.15) is 0 Å². The number of hydrogen-bond donors (Lipinski definition) is 1. The molecule has 0 aromatic heterocycles. The average Bonchev–Trinajstić information content (AvgIpc) is 2.61. The number of carbonyl (C=O) groups excluding carboxylic acids is 2. The van der Waals surface area contributed by atoms with E-state index in [4.69, 9.17) is 16.3 Å². The first-order chi connectivity index (χ1) is 12.9. The van der Waals surface area contributed by atoms with Gasteiger partial charge in [0.2, 0.25) is 10.0 Å². The lowest BCUT2D eigenvalue weighted by Crippen LogP contribution is -2.35. The molecule has 1 saturated carbocycles. The Kier molecular flexibility index (Phi) is 6.39. The normalized spacial score (nSPS) is 18.6. The molecule has 1 aromatic carbocycles. The number of rotatable bonds is 6. The Morgan fingerprint density at radius 3 is 2.48 bits per heavy atom. The Balaban J connectivity index is 1.65. The Morgan fingerprint density at radius 1 is 1.15 bits per heavy atom. The van der Waals surface area contributed by atoms with Crippen molar-refractivity contribution in [3.05, 3.63) is 23.2 Å². The van der Waals surface area contributed by atoms with Crippen molar-refractivity contribution in [2.24, 2.45) is 5.92 Å². The molecule has 1 heterocycles. The van der Waals surface area contributed by atoms with E-state index in [0.717, 1.165) is 38.5 Å². The van der Waals surface area contributed by atoms with E-state index in [1.54, 1.807) is 0 Å². The molecular formula is C18H23ClN2O5S. The highest BCUT2D eigenvalue weighted by Gasteiger charge is 2.28. The summed E-state index contributed by atoms with van der Waals surface area (Å²) in [5.74, 6) is -1.04. The van der Waals surface area contributed by atoms with Crippen molar-refractivity contribution >= 4 is 39.2 Å². The second-order valence-electron chi connectivity index (χ2n) is 6.89. The number of sulfonamides is 1. The molecule has 2 aliphatic rings. The zero-order valence-electron chi connectivity index (χ0n) is 14.9. The number of esters is 1. The molecule has 1 aliphatic heterocycles. The monoisotopic (exact) mass is 414 g/mol. The molecule has 0 bridgehead atoms. The Hall–Kier alpha value is -1.64. The molecule has 2 fully saturated rings. The van der Waals surface area contributed by atoms with Gasteiger partial charge in [0, 0.05) is 13.1 Å². The summed E-state index contributed by atoms with van der Waals surface area (Å²) in [4.78, 5) is 23.8. The average molecular weight is 415 g/mol. The van der Waals surface area contributed by atoms with Gasteiger partial charge in [-0.15, -0.1) is 0 Å². The Labute approximate surface area is 164 Å². The van der Waals surface area contributed by atoms with Crippen molar-refractivity contribution in [2.45, 2.75) is 43.4 Å². The van der Waals surface area contributed by atoms with Crippen LogP contribution in [0.25, 0.3) is 0 Å². The van der Waals surface area contributed by atoms with Gasteiger partial charge in [-0.2, -0.15) is 4.31 Å². The number of halogens is 1. The summed E-state index contributed by atoms with van der Waals surface area (Å²) in [5, 5.41) is 2.74. The maximum absolute atomic E-state index is 12.8. The van der Waals surface area contributed by atoms with E-state index in [2.05, 4.69) is 5.32 Å². The number of nitrogens with zero attached hydrogens (tertiary/aromatic N) is 1. The van der Waals surface area contributed by atoms with Gasteiger partial charge in [-0.25, -0.2) is 8.42 Å². The summed E-state index contributed by atoms with van der Waals surface area (Å²) in [6.07, 6.45) is 5.28. The third-order valence-electron chi connectivity index (χ3n) is 4.95. The molecule has 1 saturated heterocycles. The summed E-state index contributed by atoms with van der Waals surface area (Å²) < 4.78 is 32.0. The van der Waals surface area contributed by atoms with Crippen LogP contribution in [0.2, 0.25) is 5.02 Å². The third kappa shape index (κ3) is 4.80. The molecule has 27 heavy (non-hydrogen) atoms. The Bertz CT molecular complexity index is 817. The maximum atomic E-state index is 12.8. The van der Waals surface area contributed by atoms with E-state index in [9.17, 15) is 18.0 Å². The van der Waals surface area contributed by atoms with Crippen molar-refractivity contribution in [1.29, 1.82) is 0 Å². The molecule has 3 rings (SSSR count). The summed E-state index contributed by atoms with van der Waals surface area (Å²) in [5.41, 5.74) is 0.180. The van der Waals surface area contributed by atoms with Gasteiger partial charge in [-0.3, -0.25) is 9.59 Å². The third-order valence-corrected chi connectivity index (χ3v) is 7.17. The van der Waals surface area contributed by atoms with Gasteiger partial charge in [0.05, 0.1) is 21.5 Å². The van der Waals surface area contributed by atoms with Gasteiger partial charge in [0.25, 0.3) is 5.91 Å². The van der Waals surface area contributed by atoms with Crippen LogP contribution in [0.4, 0.5) is 5.69 Å². The van der Waals surface area contributed by atoms with Gasteiger partial charge in [0.15, 0.2) is 6.61 Å². The van der Waals surface area contributed by atoms with Crippen molar-refractivity contribution in [2.75, 3.05) is 25.0 Å². The number of anilines is 1. The van der Waals surface area contributed by atoms with Crippen LogP contribution in [0.3, 0.4) is 0 Å². The first-order valence-electron chi connectivity index (χ1n) is 9.14. The molecule has 1 aliphatic carbocycles. The zero-order chi connectivity index (χ0) is 19.4. The minimum absolute atomic E-state index is 0.0792. The number of piperidine rings is 1. The molecule has 0 unspecified atom stereocenters. The first kappa shape index (κ1) is 20.1. The number of amides is 1. The van der Waals surface area contributed by atoms with Gasteiger partial charge >= 0.3 is 5.97 Å². The SMILES string of the molecule is O=C(COC(=O)C1CCC1)Nc1cc(S(=O)(=O)N2CCCCC2)ccc1Cl. The molecule has 1 aromatic rings. The maximum Gasteiger partial charge on any atom is 0.309 e. The van der Waals surface area contributed by atoms with Gasteiger partial charge in [-0.1, -0.05) is 24.4 Å². The molecule has 9 heteroatoms. The fraction of sp³-hybridized carbons (Fsp3) is 0.556. The standard InChI is InChI=1S/C18H23ClN2O5S/c19-15-8-7-14(27(24,25)21-9-2-1-3-10-21)11-16(15)20-17(22)12-26-18(23)13-5-4-6-13/h7-8,11,13H,1-6,9-10,12H2,(H,20,22). The van der Waals surface area contributed by atoms with E-state index in [-0.39, 0.29) is 27.5 Å². The number of hydrogen-bond acceptors (Lipinski definition) is 5. The summed E-state index contributed by atoms with van der Waals surface area (Å²) in [7, 11) is -3.63. The van der Waals surface area contributed by atoms with Crippen molar-refractivity contribution in [1.82, 2.24) is 4.31 Å². The molecule has 0 atom stereocenters. The highest BCUT2D eigenvalue weighted by molar-refractivity contribution is 7.89. The number of benzene rings is 1. The summed E-state index contributed by atoms with van der Waals surface area (Å²) in [6, 6.07) is 4.21. The van der Waals surface area contributed by atoms with Crippen LogP contribution < -0.4 is 5.32 Å². The molecule has 0 spiro atoms. The summed E-state index contributed by atoms with van der Waals surface area (Å²) in [6.45, 7) is 0.558. The largest absolute Gasteiger partial charge is 0.455 e. The van der Waals surface area contributed by atoms with E-state index in [1.807, 2.05) is 0 Å². The first-order valence-corrected chi connectivity index (χ1v) is 11.0. The lowest BCUT2D eigenvalue weighted by atomic mass is 9.86. The molecule has 7 nitrogen and oxygen atoms in total. The number of nitrogens with one attached hydrogen (secondary N) is 1. The minimum atomic E-state index is -3.63. The second kappa shape index (κ2) is 8.58. The zero-order valence-corrected chi connectivity index (χ0v) is 16.5. The van der Waals surface area contributed by atoms with E-state index < -0.39 is 22.5 Å². The van der Waals surface area contributed by atoms with Crippen LogP contribution in [0.5, 0.6) is 0 Å². The van der Waals surface area contributed by atoms with E-state index >= 15 is 0 Å². The van der Waals surface area contributed by atoms with Crippen LogP contribution in [0.15, 0.2) is 23.1 Å². The van der Waals surface area contributed by atoms with E-state index in [0.29, 0.717) is 13.1 Å². The second-order valence-corrected chi connectivity index (χ2v) is 9.24. The minimum Gasteiger partial charge on any atom is -0.455 e. The highest BCUT2D eigenvalue weighted by Crippen LogP contribution is 2.29. The molecule has 1 N–H and O–H groups in total. The van der Waals surface area contributed by atoms with Crippen molar-refractivity contribution in [3.8, 4) is 0 Å². The fourth-order valence-electron chi connectivity index (χ4n) is 3.10. The van der Waals surface area contributed by atoms with Crippen LogP contribution in [0, 0.1) is 5.92 Å². The molecule has 0 radical (unpaired) electrons. The van der Waals surface area contributed by atoms with E-state index in [1.165, 1.54) is 22.5 Å². The molecule has 148 valence electrons. The van der Waals surface area contributed by atoms with Crippen LogP contribution in [-0.4, -0.2) is 44.3 Å². The predicted octanol–water partition coefficient (Wildman–Crippen LogP) is 2.80. The lowest BCUT2D eigenvalue weighted by Gasteiger charge is -2.26. The van der Waals surface area contributed by atoms with Crippen LogP contribution in [0.1, 0.15) is 38.5 Å². The molecular weight excluding hydrogens is 392 g/mol. The van der Waals surface area contributed by atoms with Crippen LogP contribution in [-0.2, 0) is 24.3 Å².